The highest BCUT2D eigenvalue weighted by Gasteiger charge is 2.33. The van der Waals surface area contributed by atoms with Crippen molar-refractivity contribution in [3.63, 3.8) is 0 Å². The van der Waals surface area contributed by atoms with E-state index in [9.17, 15) is 29.4 Å². The molecule has 0 radical (unpaired) electrons. The van der Waals surface area contributed by atoms with Crippen molar-refractivity contribution in [2.24, 2.45) is 17.6 Å². The van der Waals surface area contributed by atoms with Gasteiger partial charge in [-0.2, -0.15) is 11.8 Å². The molecule has 7 N–H and O–H groups in total. The molecule has 1 aromatic rings. The molecule has 3 amide bonds. The first kappa shape index (κ1) is 32.2. The first-order chi connectivity index (χ1) is 17.4. The van der Waals surface area contributed by atoms with Gasteiger partial charge in [-0.25, -0.2) is 4.79 Å². The molecule has 208 valence electrons. The third-order valence-corrected chi connectivity index (χ3v) is 7.23. The Hall–Kier alpha value is -2.79. The standard InChI is InChI=1S/C26H42N4O6S/c1-6-15(3)21(27)24(33)29-20(14-17-8-10-18(31)11-9-17)23(32)30-22(16(4)7-2)25(34)28-19(26(35)36)12-13-37-5/h8-11,15-16,19-22,31H,6-7,12-14,27H2,1-5H3,(H,28,34)(H,29,33)(H,30,32)(H,35,36). The van der Waals surface area contributed by atoms with Crippen LogP contribution >= 0.6 is 11.8 Å². The number of nitrogens with one attached hydrogen (secondary N) is 3. The highest BCUT2D eigenvalue weighted by molar-refractivity contribution is 7.98. The van der Waals surface area contributed by atoms with Crippen molar-refractivity contribution in [2.75, 3.05) is 12.0 Å². The summed E-state index contributed by atoms with van der Waals surface area (Å²) in [5, 5.41) is 27.1. The molecule has 0 aliphatic rings. The number of aromatic hydroxyl groups is 1. The Labute approximate surface area is 223 Å². The minimum absolute atomic E-state index is 0.0653. The van der Waals surface area contributed by atoms with Gasteiger partial charge in [0.05, 0.1) is 6.04 Å². The van der Waals surface area contributed by atoms with Crippen molar-refractivity contribution in [2.45, 2.75) is 77.5 Å². The first-order valence-corrected chi connectivity index (χ1v) is 14.0. The second-order valence-electron chi connectivity index (χ2n) is 9.40. The van der Waals surface area contributed by atoms with Crippen molar-refractivity contribution in [3.8, 4) is 5.75 Å². The zero-order valence-corrected chi connectivity index (χ0v) is 23.1. The molecule has 11 heteroatoms. The fourth-order valence-corrected chi connectivity index (χ4v) is 4.04. The van der Waals surface area contributed by atoms with E-state index in [-0.39, 0.29) is 30.4 Å². The maximum atomic E-state index is 13.4. The SMILES string of the molecule is CCC(C)C(N)C(=O)NC(Cc1ccc(O)cc1)C(=O)NC(C(=O)NC(CCSC)C(=O)O)C(C)CC. The van der Waals surface area contributed by atoms with Gasteiger partial charge in [-0.15, -0.1) is 0 Å². The molecule has 0 bridgehead atoms. The lowest BCUT2D eigenvalue weighted by Gasteiger charge is -2.28. The van der Waals surface area contributed by atoms with Crippen LogP contribution in [0.5, 0.6) is 5.75 Å². The minimum atomic E-state index is -1.15. The Bertz CT molecular complexity index is 898. The third-order valence-electron chi connectivity index (χ3n) is 6.59. The number of amides is 3. The molecular formula is C26H42N4O6S. The van der Waals surface area contributed by atoms with Gasteiger partial charge < -0.3 is 31.9 Å². The lowest BCUT2D eigenvalue weighted by atomic mass is 9.96. The second kappa shape index (κ2) is 16.1. The number of rotatable bonds is 16. The van der Waals surface area contributed by atoms with Gasteiger partial charge in [0.2, 0.25) is 17.7 Å². The number of hydrogen-bond donors (Lipinski definition) is 6. The van der Waals surface area contributed by atoms with Crippen LogP contribution < -0.4 is 21.7 Å². The lowest BCUT2D eigenvalue weighted by molar-refractivity contribution is -0.142. The maximum absolute atomic E-state index is 13.4. The highest BCUT2D eigenvalue weighted by Crippen LogP contribution is 2.14. The summed E-state index contributed by atoms with van der Waals surface area (Å²) >= 11 is 1.47. The zero-order valence-electron chi connectivity index (χ0n) is 22.3. The average molecular weight is 539 g/mol. The monoisotopic (exact) mass is 538 g/mol. The van der Waals surface area contributed by atoms with Crippen LogP contribution in [0.4, 0.5) is 0 Å². The molecule has 1 aromatic carbocycles. The summed E-state index contributed by atoms with van der Waals surface area (Å²) in [7, 11) is 0. The molecule has 6 atom stereocenters. The molecule has 0 saturated heterocycles. The number of nitrogens with two attached hydrogens (primary N) is 1. The Balaban J connectivity index is 3.16. The van der Waals surface area contributed by atoms with E-state index in [0.717, 1.165) is 0 Å². The van der Waals surface area contributed by atoms with Crippen molar-refractivity contribution in [1.82, 2.24) is 16.0 Å². The summed E-state index contributed by atoms with van der Waals surface area (Å²) in [4.78, 5) is 51.0. The van der Waals surface area contributed by atoms with Gasteiger partial charge in [0.15, 0.2) is 0 Å². The summed E-state index contributed by atoms with van der Waals surface area (Å²) in [5.74, 6) is -2.60. The summed E-state index contributed by atoms with van der Waals surface area (Å²) < 4.78 is 0. The van der Waals surface area contributed by atoms with Crippen molar-refractivity contribution in [1.29, 1.82) is 0 Å². The molecule has 0 aliphatic carbocycles. The fraction of sp³-hybridized carbons (Fsp3) is 0.615. The Morgan fingerprint density at radius 1 is 0.892 bits per heavy atom. The predicted molar refractivity (Wildman–Crippen MR) is 145 cm³/mol. The number of carbonyl (C=O) groups excluding carboxylic acids is 3. The van der Waals surface area contributed by atoms with E-state index in [4.69, 9.17) is 5.73 Å². The van der Waals surface area contributed by atoms with Crippen LogP contribution in [0.15, 0.2) is 24.3 Å². The third kappa shape index (κ3) is 10.6. The first-order valence-electron chi connectivity index (χ1n) is 12.6. The molecule has 0 spiro atoms. The van der Waals surface area contributed by atoms with Gasteiger partial charge in [-0.3, -0.25) is 14.4 Å². The average Bonchev–Trinajstić information content (AvgIpc) is 2.88. The van der Waals surface area contributed by atoms with E-state index in [0.29, 0.717) is 24.2 Å². The lowest BCUT2D eigenvalue weighted by Crippen LogP contribution is -2.59. The van der Waals surface area contributed by atoms with Crippen LogP contribution in [0.3, 0.4) is 0 Å². The number of phenolic OH excluding ortho intramolecular Hbond substituents is 1. The number of benzene rings is 1. The Morgan fingerprint density at radius 2 is 1.46 bits per heavy atom. The van der Waals surface area contributed by atoms with Gasteiger partial charge >= 0.3 is 5.97 Å². The van der Waals surface area contributed by atoms with Gasteiger partial charge in [-0.05, 0) is 48.0 Å². The topological polar surface area (TPSA) is 171 Å². The van der Waals surface area contributed by atoms with E-state index in [2.05, 4.69) is 16.0 Å². The fourth-order valence-electron chi connectivity index (χ4n) is 3.57. The van der Waals surface area contributed by atoms with Crippen molar-refractivity contribution >= 4 is 35.5 Å². The van der Waals surface area contributed by atoms with Crippen LogP contribution in [0, 0.1) is 11.8 Å². The summed E-state index contributed by atoms with van der Waals surface area (Å²) in [6.07, 6.45) is 3.43. The molecule has 0 saturated carbocycles. The number of hydrogen-bond acceptors (Lipinski definition) is 7. The van der Waals surface area contributed by atoms with Crippen LogP contribution in [-0.2, 0) is 25.6 Å². The van der Waals surface area contributed by atoms with E-state index in [1.165, 1.54) is 23.9 Å². The Kier molecular flexibility index (Phi) is 14.1. The predicted octanol–water partition coefficient (Wildman–Crippen LogP) is 1.65. The summed E-state index contributed by atoms with van der Waals surface area (Å²) in [6, 6.07) is 2.29. The minimum Gasteiger partial charge on any atom is -0.508 e. The molecule has 6 unspecified atom stereocenters. The number of phenols is 1. The second-order valence-corrected chi connectivity index (χ2v) is 10.4. The highest BCUT2D eigenvalue weighted by atomic mass is 32.2. The molecule has 0 aromatic heterocycles. The quantitative estimate of drug-likeness (QED) is 0.184. The van der Waals surface area contributed by atoms with Gasteiger partial charge in [-0.1, -0.05) is 52.7 Å². The van der Waals surface area contributed by atoms with Crippen molar-refractivity contribution in [3.05, 3.63) is 29.8 Å². The number of thioether (sulfide) groups is 1. The maximum Gasteiger partial charge on any atom is 0.326 e. The van der Waals surface area contributed by atoms with Gasteiger partial charge in [0.1, 0.15) is 23.9 Å². The molecule has 0 heterocycles. The van der Waals surface area contributed by atoms with E-state index < -0.39 is 47.9 Å². The molecular weight excluding hydrogens is 496 g/mol. The van der Waals surface area contributed by atoms with E-state index in [1.54, 1.807) is 19.1 Å². The number of carbonyl (C=O) groups is 4. The zero-order chi connectivity index (χ0) is 28.1. The Morgan fingerprint density at radius 3 is 1.97 bits per heavy atom. The van der Waals surface area contributed by atoms with Crippen LogP contribution in [0.25, 0.3) is 0 Å². The van der Waals surface area contributed by atoms with Crippen LogP contribution in [0.2, 0.25) is 0 Å². The van der Waals surface area contributed by atoms with Gasteiger partial charge in [0, 0.05) is 6.42 Å². The molecule has 10 nitrogen and oxygen atoms in total. The number of carboxylic acids is 1. The van der Waals surface area contributed by atoms with Gasteiger partial charge in [0.25, 0.3) is 0 Å². The largest absolute Gasteiger partial charge is 0.508 e. The normalized spacial score (nSPS) is 15.9. The summed E-state index contributed by atoms with van der Waals surface area (Å²) in [6.45, 7) is 7.41. The molecule has 0 aliphatic heterocycles. The van der Waals surface area contributed by atoms with E-state index >= 15 is 0 Å². The van der Waals surface area contributed by atoms with Crippen molar-refractivity contribution < 1.29 is 29.4 Å². The molecule has 1 rings (SSSR count). The smallest absolute Gasteiger partial charge is 0.326 e. The summed E-state index contributed by atoms with van der Waals surface area (Å²) in [5.41, 5.74) is 6.76. The molecule has 0 fully saturated rings. The van der Waals surface area contributed by atoms with E-state index in [1.807, 2.05) is 27.0 Å². The number of aliphatic carboxylic acids is 1. The van der Waals surface area contributed by atoms with Crippen LogP contribution in [-0.4, -0.2) is 70.1 Å². The molecule has 37 heavy (non-hydrogen) atoms. The number of carboxylic acid groups (broad SMARTS) is 1. The van der Waals surface area contributed by atoms with Crippen LogP contribution in [0.1, 0.15) is 52.5 Å².